The van der Waals surface area contributed by atoms with Crippen LogP contribution in [0.5, 0.6) is 0 Å². The molecule has 5 atom stereocenters. The highest BCUT2D eigenvalue weighted by atomic mass is 79.9. The third-order valence-corrected chi connectivity index (χ3v) is 13.6. The highest BCUT2D eigenvalue weighted by Gasteiger charge is 2.40. The van der Waals surface area contributed by atoms with Crippen molar-refractivity contribution in [2.75, 3.05) is 13.2 Å². The first-order valence-electron chi connectivity index (χ1n) is 22.0. The highest BCUT2D eigenvalue weighted by molar-refractivity contribution is 9.11. The number of hydrogen-bond acceptors (Lipinski definition) is 7. The molecule has 2 fully saturated rings. The van der Waals surface area contributed by atoms with Gasteiger partial charge in [0.2, 0.25) is 11.8 Å². The zero-order chi connectivity index (χ0) is 49.5. The number of aliphatic imine (C=N–C) groups is 1. The van der Waals surface area contributed by atoms with E-state index in [1.165, 1.54) is 17.7 Å². The second kappa shape index (κ2) is 32.5. The monoisotopic (exact) mass is 1310 g/mol. The zero-order valence-electron chi connectivity index (χ0n) is 40.0. The van der Waals surface area contributed by atoms with Gasteiger partial charge in [-0.15, -0.1) is 0 Å². The molecule has 19 heteroatoms. The number of imide groups is 1. The van der Waals surface area contributed by atoms with Gasteiger partial charge in [0.1, 0.15) is 6.61 Å². The normalized spacial score (nSPS) is 15.6. The van der Waals surface area contributed by atoms with Crippen LogP contribution in [-0.2, 0) is 30.3 Å². The molecule has 0 radical (unpaired) electrons. The molecule has 1 saturated heterocycles. The first kappa shape index (κ1) is 66.2. The van der Waals surface area contributed by atoms with E-state index in [0.29, 0.717) is 18.9 Å². The molecule has 2 aliphatic heterocycles. The van der Waals surface area contributed by atoms with Gasteiger partial charge in [-0.2, -0.15) is 54.0 Å². The molecule has 3 N–H and O–H groups in total. The van der Waals surface area contributed by atoms with Gasteiger partial charge >= 0.3 is 18.0 Å². The maximum atomic E-state index is 12.9. The van der Waals surface area contributed by atoms with Crippen LogP contribution in [0.1, 0.15) is 92.0 Å². The summed E-state index contributed by atoms with van der Waals surface area (Å²) in [6.07, 6.45) is 4.58. The van der Waals surface area contributed by atoms with Gasteiger partial charge in [-0.05, 0) is 129 Å². The number of amides is 3. The predicted molar refractivity (Wildman–Crippen MR) is 320 cm³/mol. The molecule has 5 aromatic carbocycles. The summed E-state index contributed by atoms with van der Waals surface area (Å²) in [5, 5.41) is 20.4. The highest BCUT2D eigenvalue weighted by Crippen LogP contribution is 2.33. The number of carboxylic acids is 2. The Kier molecular flexibility index (Phi) is 29.9. The number of carboxylic acid groups (broad SMARTS) is 2. The molecule has 2 heterocycles. The second-order valence-corrected chi connectivity index (χ2v) is 20.2. The number of allylic oxidation sites excluding steroid dienone is 1. The van der Waals surface area contributed by atoms with E-state index < -0.39 is 35.8 Å². The number of nitrogens with zero attached hydrogens (tertiary/aromatic N) is 2. The number of cyclic esters (lactones) is 1. The van der Waals surface area contributed by atoms with Crippen LogP contribution in [0.4, 0.5) is 4.79 Å². The van der Waals surface area contributed by atoms with Crippen molar-refractivity contribution >= 4 is 153 Å². The first-order valence-corrected chi connectivity index (χ1v) is 25.2. The summed E-state index contributed by atoms with van der Waals surface area (Å²) in [6, 6.07) is 39.6. The van der Waals surface area contributed by atoms with E-state index in [9.17, 15) is 24.0 Å². The van der Waals surface area contributed by atoms with E-state index in [2.05, 4.69) is 74.0 Å². The fraction of sp³-hybridized carbons (Fsp3) is 0.283. The Morgan fingerprint density at radius 3 is 1.39 bits per heavy atom. The Hall–Kier alpha value is -3.82. The SMILES string of the molecule is CC(C(=O)O)c1ccc(Br)cc1.C[C@H](C(=O)N1C(=O)OC[C@@H]1Cc1ccccc1)c1ccc(Br)cc1.C[C@H](C(=O)NC1=CC(C2CC2)=NC1)c1ccc(Br)cc1.C[C@H](C(=O)O)c1ccc(Br)cc1.S.S.S.S. The van der Waals surface area contributed by atoms with E-state index in [1.54, 1.807) is 13.8 Å². The van der Waals surface area contributed by atoms with E-state index in [-0.39, 0.29) is 84.4 Å². The van der Waals surface area contributed by atoms with Gasteiger partial charge in [0.05, 0.1) is 36.3 Å². The Balaban J connectivity index is 0.000000491. The number of carbonyl (C=O) groups is 5. The van der Waals surface area contributed by atoms with E-state index in [4.69, 9.17) is 14.9 Å². The Labute approximate surface area is 483 Å². The van der Waals surface area contributed by atoms with Gasteiger partial charge in [0.25, 0.3) is 0 Å². The summed E-state index contributed by atoms with van der Waals surface area (Å²) in [7, 11) is 0. The molecule has 0 bridgehead atoms. The van der Waals surface area contributed by atoms with Crippen molar-refractivity contribution in [3.63, 3.8) is 0 Å². The third-order valence-electron chi connectivity index (χ3n) is 11.5. The molecule has 11 nitrogen and oxygen atoms in total. The average molecular weight is 1320 g/mol. The standard InChI is InChI=1S/C19H18BrNO3.C16H17BrN2O.2C9H9BrO2.4H2S/c1-13(15-7-9-16(20)10-8-15)18(22)21-17(12-24-19(21)23)11-14-5-3-2-4-6-14;1-10(11-4-6-13(17)7-5-11)16(20)19-14-8-15(18-9-14)12-2-3-12;2*1-6(9(11)12)7-2-4-8(10)5-3-7;;;;/h2-10,13,17H,11-12H2,1H3;4-8,10,12H,2-3,9H2,1H3,(H,19,20);2*2-6H,1H3,(H,11,12);4*1H2/t13-,17-;10-;6-;;;;;/m000...../s1. The minimum absolute atomic E-state index is 0. The maximum absolute atomic E-state index is 12.9. The van der Waals surface area contributed by atoms with Gasteiger partial charge in [0.15, 0.2) is 0 Å². The lowest BCUT2D eigenvalue weighted by Crippen LogP contribution is -2.42. The number of aliphatic carboxylic acids is 2. The number of carbonyl (C=O) groups excluding carboxylic acids is 3. The number of ether oxygens (including phenoxy) is 1. The number of halogens is 4. The largest absolute Gasteiger partial charge is 0.481 e. The van der Waals surface area contributed by atoms with Crippen molar-refractivity contribution in [2.24, 2.45) is 10.9 Å². The van der Waals surface area contributed by atoms with Crippen molar-refractivity contribution in [3.8, 4) is 0 Å². The molecule has 388 valence electrons. The smallest absolute Gasteiger partial charge is 0.417 e. The van der Waals surface area contributed by atoms with Crippen molar-refractivity contribution in [1.82, 2.24) is 10.2 Å². The molecule has 1 unspecified atom stereocenters. The summed E-state index contributed by atoms with van der Waals surface area (Å²) < 4.78 is 9.03. The summed E-state index contributed by atoms with van der Waals surface area (Å²) in [6.45, 7) is 7.95. The van der Waals surface area contributed by atoms with Gasteiger partial charge in [0, 0.05) is 35.2 Å². The second-order valence-electron chi connectivity index (χ2n) is 16.6. The number of benzene rings is 5. The van der Waals surface area contributed by atoms with Crippen molar-refractivity contribution < 1.29 is 38.9 Å². The number of rotatable bonds is 12. The van der Waals surface area contributed by atoms with Gasteiger partial charge in [-0.1, -0.05) is 143 Å². The van der Waals surface area contributed by atoms with Crippen LogP contribution in [0.15, 0.2) is 162 Å². The summed E-state index contributed by atoms with van der Waals surface area (Å²) >= 11 is 13.4. The van der Waals surface area contributed by atoms with Crippen LogP contribution in [0, 0.1) is 5.92 Å². The van der Waals surface area contributed by atoms with Crippen LogP contribution in [-0.4, -0.2) is 69.9 Å². The fourth-order valence-electron chi connectivity index (χ4n) is 6.97. The van der Waals surface area contributed by atoms with Gasteiger partial charge < -0.3 is 20.3 Å². The average Bonchev–Trinajstić information content (AvgIpc) is 3.98. The molecule has 1 saturated carbocycles. The number of hydrogen-bond donors (Lipinski definition) is 3. The van der Waals surface area contributed by atoms with E-state index >= 15 is 0 Å². The summed E-state index contributed by atoms with van der Waals surface area (Å²) in [5.74, 6) is -2.55. The van der Waals surface area contributed by atoms with Crippen molar-refractivity contribution in [2.45, 2.75) is 76.7 Å². The maximum Gasteiger partial charge on any atom is 0.417 e. The lowest BCUT2D eigenvalue weighted by Gasteiger charge is -2.23. The van der Waals surface area contributed by atoms with Crippen LogP contribution in [0.25, 0.3) is 0 Å². The zero-order valence-corrected chi connectivity index (χ0v) is 50.3. The lowest BCUT2D eigenvalue weighted by molar-refractivity contribution is -0.139. The van der Waals surface area contributed by atoms with Crippen LogP contribution in [0.3, 0.4) is 0 Å². The Bertz CT molecular complexity index is 2530. The molecule has 0 aromatic heterocycles. The molecule has 3 amide bonds. The quantitative estimate of drug-likeness (QED) is 0.111. The minimum atomic E-state index is -0.794. The van der Waals surface area contributed by atoms with E-state index in [1.807, 2.05) is 147 Å². The summed E-state index contributed by atoms with van der Waals surface area (Å²) in [5.41, 5.74) is 6.72. The molecule has 0 spiro atoms. The van der Waals surface area contributed by atoms with Crippen LogP contribution < -0.4 is 5.32 Å². The van der Waals surface area contributed by atoms with Gasteiger partial charge in [-0.3, -0.25) is 24.2 Å². The molecule has 1 aliphatic carbocycles. The predicted octanol–water partition coefficient (Wildman–Crippen LogP) is 13.3. The summed E-state index contributed by atoms with van der Waals surface area (Å²) in [4.78, 5) is 64.1. The van der Waals surface area contributed by atoms with Gasteiger partial charge in [-0.25, -0.2) is 9.69 Å². The molecule has 8 rings (SSSR count). The van der Waals surface area contributed by atoms with Crippen molar-refractivity contribution in [3.05, 3.63) is 185 Å². The van der Waals surface area contributed by atoms with Crippen LogP contribution in [0.2, 0.25) is 0 Å². The molecule has 72 heavy (non-hydrogen) atoms. The van der Waals surface area contributed by atoms with Crippen LogP contribution >= 0.6 is 118 Å². The topological polar surface area (TPSA) is 163 Å². The minimum Gasteiger partial charge on any atom is -0.481 e. The third kappa shape index (κ3) is 20.5. The molecule has 3 aliphatic rings. The Morgan fingerprint density at radius 2 is 1.00 bits per heavy atom. The fourth-order valence-corrected chi connectivity index (χ4v) is 8.03. The Morgan fingerprint density at radius 1 is 0.611 bits per heavy atom. The molecular formula is C53H61Br4N3O8S4. The number of nitrogens with one attached hydrogen (secondary N) is 1. The molecule has 5 aromatic rings. The van der Waals surface area contributed by atoms with E-state index in [0.717, 1.165) is 57.1 Å². The molecular weight excluding hydrogens is 1250 g/mol. The lowest BCUT2D eigenvalue weighted by atomic mass is 9.98. The van der Waals surface area contributed by atoms with Crippen molar-refractivity contribution in [1.29, 1.82) is 0 Å². The first-order chi connectivity index (χ1) is 32.4.